The largest absolute Gasteiger partial charge is 0.372 e. The van der Waals surface area contributed by atoms with Crippen LogP contribution in [-0.2, 0) is 4.74 Å². The Kier molecular flexibility index (Phi) is 3.15. The van der Waals surface area contributed by atoms with Crippen molar-refractivity contribution in [2.24, 2.45) is 0 Å². The highest BCUT2D eigenvalue weighted by Crippen LogP contribution is 2.24. The Hall–Kier alpha value is -1.60. The third-order valence-electron chi connectivity index (χ3n) is 2.35. The van der Waals surface area contributed by atoms with Gasteiger partial charge in [-0.15, -0.1) is 0 Å². The zero-order chi connectivity index (χ0) is 10.5. The molecule has 1 nitrogen and oxygen atoms in total. The normalized spacial score (nSPS) is 10.5. The zero-order valence-electron chi connectivity index (χ0n) is 8.68. The van der Waals surface area contributed by atoms with E-state index in [0.717, 1.165) is 11.1 Å². The molecule has 1 atom stereocenters. The predicted molar refractivity (Wildman–Crippen MR) is 60.6 cm³/mol. The van der Waals surface area contributed by atoms with Gasteiger partial charge in [-0.3, -0.25) is 0 Å². The van der Waals surface area contributed by atoms with Crippen LogP contribution >= 0.6 is 0 Å². The van der Waals surface area contributed by atoms with E-state index in [2.05, 4.69) is 18.2 Å². The van der Waals surface area contributed by atoms with Gasteiger partial charge in [0.2, 0.25) is 0 Å². The lowest BCUT2D eigenvalue weighted by Gasteiger charge is -2.15. The van der Waals surface area contributed by atoms with Crippen LogP contribution in [0.15, 0.2) is 54.6 Å². The van der Waals surface area contributed by atoms with Gasteiger partial charge < -0.3 is 4.74 Å². The summed E-state index contributed by atoms with van der Waals surface area (Å²) in [4.78, 5) is 0. The third kappa shape index (κ3) is 2.25. The summed E-state index contributed by atoms with van der Waals surface area (Å²) in [7, 11) is 1.72. The van der Waals surface area contributed by atoms with Crippen LogP contribution in [0, 0.1) is 6.07 Å². The van der Waals surface area contributed by atoms with Crippen LogP contribution in [0.1, 0.15) is 17.2 Å². The molecule has 0 saturated heterocycles. The van der Waals surface area contributed by atoms with Crippen LogP contribution < -0.4 is 0 Å². The molecule has 0 fully saturated rings. The van der Waals surface area contributed by atoms with E-state index < -0.39 is 0 Å². The molecule has 0 N–H and O–H groups in total. The van der Waals surface area contributed by atoms with E-state index in [-0.39, 0.29) is 6.10 Å². The Morgan fingerprint density at radius 1 is 1.00 bits per heavy atom. The Labute approximate surface area is 90.3 Å². The fourth-order valence-corrected chi connectivity index (χ4v) is 1.64. The molecule has 0 aromatic heterocycles. The molecule has 2 aromatic rings. The molecule has 1 heteroatoms. The molecule has 0 aliphatic carbocycles. The van der Waals surface area contributed by atoms with Crippen molar-refractivity contribution in [2.45, 2.75) is 6.10 Å². The van der Waals surface area contributed by atoms with Gasteiger partial charge >= 0.3 is 0 Å². The van der Waals surface area contributed by atoms with E-state index in [1.165, 1.54) is 0 Å². The molecule has 75 valence electrons. The van der Waals surface area contributed by atoms with Crippen molar-refractivity contribution in [3.05, 3.63) is 71.8 Å². The summed E-state index contributed by atoms with van der Waals surface area (Å²) in [5, 5.41) is 0. The first-order chi connectivity index (χ1) is 7.42. The van der Waals surface area contributed by atoms with Crippen LogP contribution in [0.4, 0.5) is 0 Å². The van der Waals surface area contributed by atoms with Crippen molar-refractivity contribution in [3.63, 3.8) is 0 Å². The molecule has 0 amide bonds. The molecular weight excluding hydrogens is 184 g/mol. The van der Waals surface area contributed by atoms with E-state index in [9.17, 15) is 0 Å². The lowest BCUT2D eigenvalue weighted by atomic mass is 10.0. The van der Waals surface area contributed by atoms with Gasteiger partial charge in [0, 0.05) is 7.11 Å². The molecule has 2 rings (SSSR count). The summed E-state index contributed by atoms with van der Waals surface area (Å²) >= 11 is 0. The highest BCUT2D eigenvalue weighted by molar-refractivity contribution is 5.29. The lowest BCUT2D eigenvalue weighted by Crippen LogP contribution is -2.02. The molecule has 1 radical (unpaired) electrons. The molecule has 0 aliphatic heterocycles. The van der Waals surface area contributed by atoms with Crippen molar-refractivity contribution in [2.75, 3.05) is 7.11 Å². The molecule has 0 spiro atoms. The number of hydrogen-bond donors (Lipinski definition) is 0. The number of benzene rings is 2. The molecule has 1 unspecified atom stereocenters. The highest BCUT2D eigenvalue weighted by atomic mass is 16.5. The van der Waals surface area contributed by atoms with Crippen molar-refractivity contribution < 1.29 is 4.74 Å². The highest BCUT2D eigenvalue weighted by Gasteiger charge is 2.11. The third-order valence-corrected chi connectivity index (χ3v) is 2.35. The summed E-state index contributed by atoms with van der Waals surface area (Å²) in [6, 6.07) is 21.3. The predicted octanol–water partition coefficient (Wildman–Crippen LogP) is 3.22. The summed E-state index contributed by atoms with van der Waals surface area (Å²) in [5.41, 5.74) is 2.22. The second kappa shape index (κ2) is 4.76. The minimum absolute atomic E-state index is 0.0209. The maximum absolute atomic E-state index is 5.49. The SMILES string of the molecule is COC(c1[c]cccc1)c1ccccc1. The fourth-order valence-electron chi connectivity index (χ4n) is 1.64. The standard InChI is InChI=1S/C14H13O/c1-15-14(12-8-4-2-5-9-12)13-10-6-3-7-11-13/h2-10,14H,1H3. The van der Waals surface area contributed by atoms with Gasteiger partial charge in [-0.25, -0.2) is 0 Å². The van der Waals surface area contributed by atoms with Crippen LogP contribution in [0.2, 0.25) is 0 Å². The Morgan fingerprint density at radius 3 is 2.33 bits per heavy atom. The van der Waals surface area contributed by atoms with Gasteiger partial charge in [-0.1, -0.05) is 54.6 Å². The lowest BCUT2D eigenvalue weighted by molar-refractivity contribution is 0.136. The number of hydrogen-bond acceptors (Lipinski definition) is 1. The molecule has 2 aromatic carbocycles. The van der Waals surface area contributed by atoms with Crippen molar-refractivity contribution in [3.8, 4) is 0 Å². The van der Waals surface area contributed by atoms with Gasteiger partial charge in [0.25, 0.3) is 0 Å². The van der Waals surface area contributed by atoms with Gasteiger partial charge in [0.15, 0.2) is 0 Å². The summed E-state index contributed by atoms with van der Waals surface area (Å²) in [5.74, 6) is 0. The number of methoxy groups -OCH3 is 1. The van der Waals surface area contributed by atoms with Crippen LogP contribution in [0.25, 0.3) is 0 Å². The minimum Gasteiger partial charge on any atom is -0.372 e. The zero-order valence-corrected chi connectivity index (χ0v) is 8.68. The molecule has 0 aliphatic rings. The van der Waals surface area contributed by atoms with Crippen molar-refractivity contribution >= 4 is 0 Å². The topological polar surface area (TPSA) is 9.23 Å². The fraction of sp³-hybridized carbons (Fsp3) is 0.143. The first kappa shape index (κ1) is 9.94. The van der Waals surface area contributed by atoms with Gasteiger partial charge in [0.1, 0.15) is 6.10 Å². The Morgan fingerprint density at radius 2 is 1.73 bits per heavy atom. The number of rotatable bonds is 3. The van der Waals surface area contributed by atoms with E-state index in [4.69, 9.17) is 4.74 Å². The first-order valence-corrected chi connectivity index (χ1v) is 4.96. The van der Waals surface area contributed by atoms with Gasteiger partial charge in [0.05, 0.1) is 0 Å². The van der Waals surface area contributed by atoms with Crippen LogP contribution in [-0.4, -0.2) is 7.11 Å². The molecular formula is C14H13O. The van der Waals surface area contributed by atoms with Gasteiger partial charge in [-0.05, 0) is 17.2 Å². The number of ether oxygens (including phenoxy) is 1. The van der Waals surface area contributed by atoms with Crippen molar-refractivity contribution in [1.29, 1.82) is 0 Å². The maximum Gasteiger partial charge on any atom is 0.108 e. The molecule has 0 bridgehead atoms. The minimum atomic E-state index is -0.0209. The average molecular weight is 197 g/mol. The molecule has 15 heavy (non-hydrogen) atoms. The summed E-state index contributed by atoms with van der Waals surface area (Å²) < 4.78 is 5.49. The summed E-state index contributed by atoms with van der Waals surface area (Å²) in [6.07, 6.45) is -0.0209. The van der Waals surface area contributed by atoms with E-state index >= 15 is 0 Å². The van der Waals surface area contributed by atoms with Crippen molar-refractivity contribution in [1.82, 2.24) is 0 Å². The second-order valence-corrected chi connectivity index (χ2v) is 3.34. The molecule has 0 saturated carbocycles. The Balaban J connectivity index is 2.34. The Bertz CT molecular complexity index is 355. The monoisotopic (exact) mass is 197 g/mol. The van der Waals surface area contributed by atoms with E-state index in [1.807, 2.05) is 42.5 Å². The quantitative estimate of drug-likeness (QED) is 0.734. The summed E-state index contributed by atoms with van der Waals surface area (Å²) in [6.45, 7) is 0. The first-order valence-electron chi connectivity index (χ1n) is 4.96. The molecule has 0 heterocycles. The van der Waals surface area contributed by atoms with E-state index in [0.29, 0.717) is 0 Å². The average Bonchev–Trinajstić information content (AvgIpc) is 2.33. The second-order valence-electron chi connectivity index (χ2n) is 3.34. The maximum atomic E-state index is 5.49. The van der Waals surface area contributed by atoms with Crippen LogP contribution in [0.5, 0.6) is 0 Å². The smallest absolute Gasteiger partial charge is 0.108 e. The van der Waals surface area contributed by atoms with Gasteiger partial charge in [-0.2, -0.15) is 0 Å². The van der Waals surface area contributed by atoms with E-state index in [1.54, 1.807) is 7.11 Å². The van der Waals surface area contributed by atoms with Crippen LogP contribution in [0.3, 0.4) is 0 Å².